The van der Waals surface area contributed by atoms with Crippen LogP contribution in [0, 0.1) is 22.7 Å². The van der Waals surface area contributed by atoms with Crippen molar-refractivity contribution in [3.8, 4) is 29.1 Å². The molecular weight excluding hydrogens is 462 g/mol. The fourth-order valence-corrected chi connectivity index (χ4v) is 4.00. The van der Waals surface area contributed by atoms with Crippen molar-refractivity contribution in [1.82, 2.24) is 14.5 Å². The summed E-state index contributed by atoms with van der Waals surface area (Å²) in [7, 11) is -3.75. The lowest BCUT2D eigenvalue weighted by Gasteiger charge is -2.08. The summed E-state index contributed by atoms with van der Waals surface area (Å²) in [6.45, 7) is 0. The van der Waals surface area contributed by atoms with E-state index in [1.807, 2.05) is 10.8 Å². The van der Waals surface area contributed by atoms with Crippen molar-refractivity contribution in [3.05, 3.63) is 82.4 Å². The lowest BCUT2D eigenvalue weighted by atomic mass is 10.1. The number of rotatable bonds is 4. The number of nitrogens with zero attached hydrogens (tertiary/aromatic N) is 4. The number of carbonyl (C=O) groups is 1. The minimum absolute atomic E-state index is 0.0209. The van der Waals surface area contributed by atoms with E-state index in [1.54, 1.807) is 47.1 Å². The van der Waals surface area contributed by atoms with Crippen LogP contribution in [-0.4, -0.2) is 30.4 Å². The van der Waals surface area contributed by atoms with Crippen molar-refractivity contribution in [3.63, 3.8) is 0 Å². The van der Waals surface area contributed by atoms with Crippen LogP contribution in [0.5, 0.6) is 0 Å². The van der Waals surface area contributed by atoms with Gasteiger partial charge >= 0.3 is 0 Å². The van der Waals surface area contributed by atoms with Gasteiger partial charge in [-0.1, -0.05) is 23.7 Å². The van der Waals surface area contributed by atoms with Crippen molar-refractivity contribution in [2.75, 3.05) is 6.26 Å². The highest BCUT2D eigenvalue weighted by Gasteiger charge is 2.18. The Hall–Kier alpha value is -4.18. The molecular formula is C23H14ClN5O3S. The summed E-state index contributed by atoms with van der Waals surface area (Å²) in [5, 5.41) is 24.7. The van der Waals surface area contributed by atoms with Gasteiger partial charge in [-0.05, 0) is 48.5 Å². The molecule has 0 aliphatic rings. The second kappa shape index (κ2) is 8.40. The molecule has 8 nitrogen and oxygen atoms in total. The van der Waals surface area contributed by atoms with Crippen molar-refractivity contribution >= 4 is 38.4 Å². The molecule has 0 saturated carbocycles. The minimum Gasteiger partial charge on any atom is -0.268 e. The largest absolute Gasteiger partial charge is 0.268 e. The number of aromatic nitrogens is 2. The van der Waals surface area contributed by atoms with Gasteiger partial charge < -0.3 is 0 Å². The van der Waals surface area contributed by atoms with Crippen LogP contribution < -0.4 is 4.72 Å². The monoisotopic (exact) mass is 475 g/mol. The molecule has 162 valence electrons. The van der Waals surface area contributed by atoms with Crippen molar-refractivity contribution in [1.29, 1.82) is 10.5 Å². The van der Waals surface area contributed by atoms with Gasteiger partial charge in [0.15, 0.2) is 0 Å². The Morgan fingerprint density at radius 2 is 1.76 bits per heavy atom. The highest BCUT2D eigenvalue weighted by molar-refractivity contribution is 7.89. The molecule has 0 unspecified atom stereocenters. The fourth-order valence-electron chi connectivity index (χ4n) is 3.37. The third-order valence-electron chi connectivity index (χ3n) is 4.81. The summed E-state index contributed by atoms with van der Waals surface area (Å²) < 4.78 is 26.2. The first kappa shape index (κ1) is 22.0. The van der Waals surface area contributed by atoms with Crippen molar-refractivity contribution < 1.29 is 13.2 Å². The lowest BCUT2D eigenvalue weighted by molar-refractivity contribution is 0.0981. The molecule has 0 spiro atoms. The van der Waals surface area contributed by atoms with E-state index >= 15 is 0 Å². The van der Waals surface area contributed by atoms with Crippen LogP contribution in [0.3, 0.4) is 0 Å². The van der Waals surface area contributed by atoms with E-state index in [4.69, 9.17) is 22.0 Å². The second-order valence-corrected chi connectivity index (χ2v) is 9.34. The predicted molar refractivity (Wildman–Crippen MR) is 123 cm³/mol. The van der Waals surface area contributed by atoms with Crippen molar-refractivity contribution in [2.45, 2.75) is 0 Å². The first-order valence-electron chi connectivity index (χ1n) is 9.45. The van der Waals surface area contributed by atoms with Gasteiger partial charge in [0, 0.05) is 21.5 Å². The van der Waals surface area contributed by atoms with Gasteiger partial charge in [-0.15, -0.1) is 0 Å². The molecule has 0 atom stereocenters. The molecule has 3 aromatic carbocycles. The van der Waals surface area contributed by atoms with Crippen LogP contribution in [0.4, 0.5) is 0 Å². The summed E-state index contributed by atoms with van der Waals surface area (Å²) >= 11 is 6.22. The second-order valence-electron chi connectivity index (χ2n) is 7.16. The molecule has 1 N–H and O–H groups in total. The van der Waals surface area contributed by atoms with Crippen LogP contribution in [-0.2, 0) is 10.0 Å². The van der Waals surface area contributed by atoms with Crippen LogP contribution in [0.15, 0.2) is 60.7 Å². The highest BCUT2D eigenvalue weighted by Crippen LogP contribution is 2.33. The zero-order valence-electron chi connectivity index (χ0n) is 17.1. The summed E-state index contributed by atoms with van der Waals surface area (Å²) in [5.74, 6) is -0.837. The van der Waals surface area contributed by atoms with Gasteiger partial charge in [-0.2, -0.15) is 15.6 Å². The maximum absolute atomic E-state index is 12.2. The number of benzene rings is 3. The Morgan fingerprint density at radius 1 is 1.03 bits per heavy atom. The molecule has 1 aromatic heterocycles. The molecule has 0 aliphatic heterocycles. The molecule has 0 radical (unpaired) electrons. The molecule has 4 rings (SSSR count). The van der Waals surface area contributed by atoms with E-state index in [2.05, 4.69) is 6.07 Å². The molecule has 1 amide bonds. The van der Waals surface area contributed by atoms with Crippen LogP contribution >= 0.6 is 11.6 Å². The van der Waals surface area contributed by atoms with Crippen molar-refractivity contribution in [2.24, 2.45) is 0 Å². The molecule has 33 heavy (non-hydrogen) atoms. The number of fused-ring (bicyclic) bond motifs is 1. The Kier molecular flexibility index (Phi) is 5.60. The number of nitrogens with one attached hydrogen (secondary N) is 1. The number of sulfonamides is 1. The lowest BCUT2D eigenvalue weighted by Crippen LogP contribution is -2.29. The summed E-state index contributed by atoms with van der Waals surface area (Å²) in [6, 6.07) is 20.5. The quantitative estimate of drug-likeness (QED) is 0.478. The average molecular weight is 476 g/mol. The molecule has 1 heterocycles. The fraction of sp³-hybridized carbons (Fsp3) is 0.0435. The summed E-state index contributed by atoms with van der Waals surface area (Å²) in [6.07, 6.45) is 0.871. The number of halogens is 1. The van der Waals surface area contributed by atoms with E-state index in [1.165, 1.54) is 18.2 Å². The Balaban J connectivity index is 1.89. The zero-order valence-corrected chi connectivity index (χ0v) is 18.6. The van der Waals surface area contributed by atoms with Gasteiger partial charge in [0.25, 0.3) is 5.91 Å². The van der Waals surface area contributed by atoms with E-state index in [9.17, 15) is 18.5 Å². The normalized spacial score (nSPS) is 11.0. The minimum atomic E-state index is -3.75. The smallest absolute Gasteiger partial charge is 0.264 e. The molecule has 0 fully saturated rings. The summed E-state index contributed by atoms with van der Waals surface area (Å²) in [5.41, 5.74) is 3.08. The van der Waals surface area contributed by atoms with Crippen LogP contribution in [0.2, 0.25) is 5.02 Å². The van der Waals surface area contributed by atoms with Crippen LogP contribution in [0.1, 0.15) is 21.5 Å². The first-order valence-corrected chi connectivity index (χ1v) is 11.7. The van der Waals surface area contributed by atoms with Crippen LogP contribution in [0.25, 0.3) is 27.8 Å². The predicted octanol–water partition coefficient (Wildman–Crippen LogP) is 3.78. The zero-order chi connectivity index (χ0) is 23.8. The summed E-state index contributed by atoms with van der Waals surface area (Å²) in [4.78, 5) is 12.2. The Morgan fingerprint density at radius 3 is 2.39 bits per heavy atom. The highest BCUT2D eigenvalue weighted by atomic mass is 35.5. The Bertz CT molecular complexity index is 1610. The van der Waals surface area contributed by atoms with Gasteiger partial charge in [-0.25, -0.2) is 17.8 Å². The van der Waals surface area contributed by atoms with Gasteiger partial charge in [-0.3, -0.25) is 4.79 Å². The number of hydrogen-bond donors (Lipinski definition) is 1. The topological polar surface area (TPSA) is 129 Å². The third kappa shape index (κ3) is 4.41. The first-order chi connectivity index (χ1) is 15.7. The molecule has 0 saturated heterocycles. The number of nitriles is 2. The molecule has 0 bridgehead atoms. The molecule has 10 heteroatoms. The van der Waals surface area contributed by atoms with E-state index in [0.29, 0.717) is 27.5 Å². The molecule has 4 aromatic rings. The van der Waals surface area contributed by atoms with E-state index in [-0.39, 0.29) is 11.1 Å². The van der Waals surface area contributed by atoms with E-state index in [0.717, 1.165) is 17.2 Å². The van der Waals surface area contributed by atoms with E-state index < -0.39 is 15.9 Å². The number of amides is 1. The standard InChI is InChI=1S/C23H14ClN5O3S/c1-33(31,32)28-23(30)16-6-8-20(17(10-16)13-26)29-21-9-7-18(24)11-19(21)22(27-29)15-4-2-14(12-25)3-5-15/h2-11H,1H3,(H,28,30). The van der Waals surface area contributed by atoms with Gasteiger partial charge in [0.2, 0.25) is 10.0 Å². The number of carbonyl (C=O) groups excluding carboxylic acids is 1. The SMILES string of the molecule is CS(=O)(=O)NC(=O)c1ccc(-n2nc(-c3ccc(C#N)cc3)c3cc(Cl)ccc32)c(C#N)c1. The third-order valence-corrected chi connectivity index (χ3v) is 5.61. The molecule has 0 aliphatic carbocycles. The maximum Gasteiger partial charge on any atom is 0.264 e. The van der Waals surface area contributed by atoms with Gasteiger partial charge in [0.05, 0.1) is 34.7 Å². The Labute approximate surface area is 194 Å². The van der Waals surface area contributed by atoms with Gasteiger partial charge in [0.1, 0.15) is 11.8 Å². The maximum atomic E-state index is 12.2. The number of hydrogen-bond acceptors (Lipinski definition) is 6. The average Bonchev–Trinajstić information content (AvgIpc) is 3.16.